The van der Waals surface area contributed by atoms with Gasteiger partial charge >= 0.3 is 6.09 Å². The van der Waals surface area contributed by atoms with Crippen molar-refractivity contribution in [2.24, 2.45) is 0 Å². The second-order valence-corrected chi connectivity index (χ2v) is 16.6. The molecule has 9 heteroatoms. The number of carbonyl (C=O) groups is 1. The summed E-state index contributed by atoms with van der Waals surface area (Å²) in [5.41, 5.74) is 4.84. The molecule has 2 aromatic carbocycles. The smallest absolute Gasteiger partial charge is 0.409 e. The van der Waals surface area contributed by atoms with Gasteiger partial charge in [-0.15, -0.1) is 0 Å². The van der Waals surface area contributed by atoms with E-state index in [1.807, 2.05) is 24.3 Å². The van der Waals surface area contributed by atoms with Crippen LogP contribution in [0.3, 0.4) is 0 Å². The molecule has 0 aliphatic heterocycles. The van der Waals surface area contributed by atoms with E-state index in [-0.39, 0.29) is 17.0 Å². The first-order chi connectivity index (χ1) is 19.6. The molecule has 0 radical (unpaired) electrons. The monoisotopic (exact) mass is 587 g/mol. The molecule has 1 amide bonds. The Labute approximate surface area is 247 Å². The third-order valence-corrected chi connectivity index (χ3v) is 12.4. The first kappa shape index (κ1) is 33.2. The topological polar surface area (TPSA) is 75.7 Å². The number of ether oxygens (including phenoxy) is 5. The number of carbonyl (C=O) groups excluding carboxylic acids is 1. The predicted octanol–water partition coefficient (Wildman–Crippen LogP) is 5.96. The Morgan fingerprint density at radius 2 is 1.17 bits per heavy atom. The van der Waals surface area contributed by atoms with E-state index in [0.717, 1.165) is 0 Å². The van der Waals surface area contributed by atoms with Gasteiger partial charge in [-0.2, -0.15) is 0 Å². The Hall–Kier alpha value is -2.27. The molecule has 0 bridgehead atoms. The van der Waals surface area contributed by atoms with Crippen LogP contribution in [-0.2, 0) is 28.1 Å². The van der Waals surface area contributed by atoms with Gasteiger partial charge in [0.2, 0.25) is 0 Å². The predicted molar refractivity (Wildman–Crippen MR) is 164 cm³/mol. The molecule has 0 N–H and O–H groups in total. The quantitative estimate of drug-likeness (QED) is 0.157. The molecule has 0 heterocycles. The number of hydrogen-bond acceptors (Lipinski definition) is 7. The fourth-order valence-electron chi connectivity index (χ4n) is 4.33. The Bertz CT molecular complexity index is 1030. The van der Waals surface area contributed by atoms with Crippen molar-refractivity contribution in [3.05, 3.63) is 59.7 Å². The molecule has 0 spiro atoms. The van der Waals surface area contributed by atoms with Crippen molar-refractivity contribution in [3.8, 4) is 11.1 Å². The standard InChI is InChI=1S/C32H49NO7Si/c1-32(2,3)41(5,6)40-24-23-38-22-21-37-20-19-36-18-17-35-16-15-33(4)31(34)39-25-30-28-13-9-7-11-26(28)27-12-8-10-14-29(27)30/h7-14,30H,15-25H2,1-6H3. The molecule has 0 saturated carbocycles. The van der Waals surface area contributed by atoms with Crippen LogP contribution in [-0.4, -0.2) is 99.0 Å². The van der Waals surface area contributed by atoms with Gasteiger partial charge in [0, 0.05) is 19.5 Å². The van der Waals surface area contributed by atoms with E-state index in [4.69, 9.17) is 28.1 Å². The number of amides is 1. The second kappa shape index (κ2) is 16.4. The molecular formula is C32H49NO7Si. The Morgan fingerprint density at radius 1 is 0.732 bits per heavy atom. The third-order valence-electron chi connectivity index (χ3n) is 7.83. The fourth-order valence-corrected chi connectivity index (χ4v) is 5.36. The summed E-state index contributed by atoms with van der Waals surface area (Å²) in [6.07, 6.45) is -0.351. The van der Waals surface area contributed by atoms with E-state index < -0.39 is 8.32 Å². The largest absolute Gasteiger partial charge is 0.448 e. The van der Waals surface area contributed by atoms with E-state index in [1.165, 1.54) is 22.3 Å². The van der Waals surface area contributed by atoms with Crippen molar-refractivity contribution < 1.29 is 32.9 Å². The van der Waals surface area contributed by atoms with Crippen LogP contribution >= 0.6 is 0 Å². The summed E-state index contributed by atoms with van der Waals surface area (Å²) < 4.78 is 34.0. The summed E-state index contributed by atoms with van der Waals surface area (Å²) in [5, 5.41) is 0.211. The molecule has 3 rings (SSSR count). The van der Waals surface area contributed by atoms with Crippen molar-refractivity contribution in [2.75, 3.05) is 79.7 Å². The van der Waals surface area contributed by atoms with Gasteiger partial charge in [-0.25, -0.2) is 4.79 Å². The Kier molecular flexibility index (Phi) is 13.3. The molecule has 8 nitrogen and oxygen atoms in total. The molecule has 41 heavy (non-hydrogen) atoms. The van der Waals surface area contributed by atoms with Gasteiger partial charge in [-0.3, -0.25) is 0 Å². The zero-order valence-corrected chi connectivity index (χ0v) is 26.8. The normalized spacial score (nSPS) is 13.2. The fraction of sp³-hybridized carbons (Fsp3) is 0.594. The van der Waals surface area contributed by atoms with Crippen LogP contribution in [0, 0.1) is 0 Å². The SMILES string of the molecule is CN(CCOCCOCCOCCOCCO[Si](C)(C)C(C)(C)C)C(=O)OCC1c2ccccc2-c2ccccc21. The number of nitrogens with zero attached hydrogens (tertiary/aromatic N) is 1. The summed E-state index contributed by atoms with van der Waals surface area (Å²) in [6, 6.07) is 16.6. The zero-order chi connectivity index (χ0) is 29.7. The molecule has 2 aromatic rings. The molecule has 228 valence electrons. The molecule has 0 atom stereocenters. The van der Waals surface area contributed by atoms with Crippen LogP contribution in [0.4, 0.5) is 4.79 Å². The third kappa shape index (κ3) is 10.2. The minimum atomic E-state index is -1.71. The van der Waals surface area contributed by atoms with Crippen LogP contribution < -0.4 is 0 Å². The van der Waals surface area contributed by atoms with Gasteiger partial charge in [-0.05, 0) is 40.4 Å². The summed E-state index contributed by atoms with van der Waals surface area (Å²) >= 11 is 0. The van der Waals surface area contributed by atoms with Gasteiger partial charge in [0.15, 0.2) is 8.32 Å². The molecule has 1 aliphatic rings. The number of rotatable bonds is 18. The zero-order valence-electron chi connectivity index (χ0n) is 25.8. The average molecular weight is 588 g/mol. The minimum Gasteiger partial charge on any atom is -0.448 e. The second-order valence-electron chi connectivity index (χ2n) is 11.8. The molecule has 0 fully saturated rings. The molecule has 0 aromatic heterocycles. The summed E-state index contributed by atoms with van der Waals surface area (Å²) in [5.74, 6) is 0.0524. The molecule has 0 saturated heterocycles. The lowest BCUT2D eigenvalue weighted by Crippen LogP contribution is -2.41. The van der Waals surface area contributed by atoms with Crippen LogP contribution in [0.15, 0.2) is 48.5 Å². The van der Waals surface area contributed by atoms with E-state index in [1.54, 1.807) is 11.9 Å². The first-order valence-electron chi connectivity index (χ1n) is 14.6. The van der Waals surface area contributed by atoms with Crippen LogP contribution in [0.25, 0.3) is 11.1 Å². The lowest BCUT2D eigenvalue weighted by Gasteiger charge is -2.36. The lowest BCUT2D eigenvalue weighted by molar-refractivity contribution is -0.00639. The van der Waals surface area contributed by atoms with Crippen molar-refractivity contribution in [3.63, 3.8) is 0 Å². The molecule has 1 aliphatic carbocycles. The molecule has 0 unspecified atom stereocenters. The van der Waals surface area contributed by atoms with Gasteiger partial charge in [0.1, 0.15) is 6.61 Å². The maximum Gasteiger partial charge on any atom is 0.409 e. The van der Waals surface area contributed by atoms with Crippen molar-refractivity contribution in [1.29, 1.82) is 0 Å². The maximum absolute atomic E-state index is 12.6. The Balaban J connectivity index is 1.15. The van der Waals surface area contributed by atoms with Crippen molar-refractivity contribution in [2.45, 2.75) is 44.8 Å². The average Bonchev–Trinajstić information content (AvgIpc) is 3.26. The molecular weight excluding hydrogens is 538 g/mol. The van der Waals surface area contributed by atoms with Crippen molar-refractivity contribution >= 4 is 14.4 Å². The summed E-state index contributed by atoms with van der Waals surface area (Å²) in [6.45, 7) is 16.6. The number of likely N-dealkylation sites (N-methyl/N-ethyl adjacent to an activating group) is 1. The maximum atomic E-state index is 12.6. The first-order valence-corrected chi connectivity index (χ1v) is 17.5. The van der Waals surface area contributed by atoms with Crippen LogP contribution in [0.2, 0.25) is 18.1 Å². The van der Waals surface area contributed by atoms with Crippen LogP contribution in [0.1, 0.15) is 37.8 Å². The van der Waals surface area contributed by atoms with E-state index in [9.17, 15) is 4.79 Å². The van der Waals surface area contributed by atoms with Crippen LogP contribution in [0.5, 0.6) is 0 Å². The highest BCUT2D eigenvalue weighted by Crippen LogP contribution is 2.44. The highest BCUT2D eigenvalue weighted by molar-refractivity contribution is 6.74. The lowest BCUT2D eigenvalue weighted by atomic mass is 9.98. The van der Waals surface area contributed by atoms with Gasteiger partial charge in [0.05, 0.1) is 59.5 Å². The van der Waals surface area contributed by atoms with Gasteiger partial charge < -0.3 is 33.0 Å². The van der Waals surface area contributed by atoms with Gasteiger partial charge in [-0.1, -0.05) is 69.3 Å². The number of benzene rings is 2. The number of fused-ring (bicyclic) bond motifs is 3. The Morgan fingerprint density at radius 3 is 1.66 bits per heavy atom. The highest BCUT2D eigenvalue weighted by Gasteiger charge is 2.36. The van der Waals surface area contributed by atoms with Gasteiger partial charge in [0.25, 0.3) is 0 Å². The highest BCUT2D eigenvalue weighted by atomic mass is 28.4. The van der Waals surface area contributed by atoms with E-state index in [0.29, 0.717) is 72.6 Å². The minimum absolute atomic E-state index is 0.0524. The van der Waals surface area contributed by atoms with Crippen molar-refractivity contribution in [1.82, 2.24) is 4.90 Å². The number of hydrogen-bond donors (Lipinski definition) is 0. The van der Waals surface area contributed by atoms with E-state index in [2.05, 4.69) is 58.1 Å². The van der Waals surface area contributed by atoms with E-state index >= 15 is 0 Å². The summed E-state index contributed by atoms with van der Waals surface area (Å²) in [7, 11) is 0.0162. The summed E-state index contributed by atoms with van der Waals surface area (Å²) in [4.78, 5) is 14.1.